The third kappa shape index (κ3) is 9.91. The second-order valence-electron chi connectivity index (χ2n) is 11.5. The molecule has 0 aromatic heterocycles. The lowest BCUT2D eigenvalue weighted by Crippen LogP contribution is -2.26. The predicted octanol–water partition coefficient (Wildman–Crippen LogP) is 7.31. The van der Waals surface area contributed by atoms with Gasteiger partial charge >= 0.3 is 27.1 Å². The number of rotatable bonds is 18. The highest BCUT2D eigenvalue weighted by molar-refractivity contribution is 8.00. The molecular weight excluding hydrogens is 698 g/mol. The smallest absolute Gasteiger partial charge is 0.346 e. The van der Waals surface area contributed by atoms with E-state index in [1.807, 2.05) is 0 Å². The van der Waals surface area contributed by atoms with Crippen molar-refractivity contribution in [3.05, 3.63) is 58.1 Å². The van der Waals surface area contributed by atoms with Gasteiger partial charge in [0.15, 0.2) is 11.2 Å². The molecule has 3 rings (SSSR count). The molecule has 0 bridgehead atoms. The Morgan fingerprint density at radius 3 is 1.86 bits per heavy atom. The maximum absolute atomic E-state index is 14.0. The lowest BCUT2D eigenvalue weighted by molar-refractivity contribution is -0.131. The molecule has 0 unspecified atom stereocenters. The van der Waals surface area contributed by atoms with E-state index in [-0.39, 0.29) is 83.9 Å². The summed E-state index contributed by atoms with van der Waals surface area (Å²) in [6, 6.07) is 7.01. The summed E-state index contributed by atoms with van der Waals surface area (Å²) in [6.45, 7) is 13.0. The van der Waals surface area contributed by atoms with Gasteiger partial charge in [-0.2, -0.15) is 11.8 Å². The van der Waals surface area contributed by atoms with Crippen molar-refractivity contribution in [1.82, 2.24) is 0 Å². The van der Waals surface area contributed by atoms with Crippen LogP contribution in [0.25, 0.3) is 0 Å². The lowest BCUT2D eigenvalue weighted by Gasteiger charge is -2.31. The molecule has 0 spiro atoms. The molecule has 2 aromatic carbocycles. The molecule has 2 aromatic rings. The van der Waals surface area contributed by atoms with Crippen molar-refractivity contribution in [3.63, 3.8) is 0 Å². The highest BCUT2D eigenvalue weighted by atomic mass is 32.2. The van der Waals surface area contributed by atoms with Gasteiger partial charge in [0.25, 0.3) is 0 Å². The van der Waals surface area contributed by atoms with E-state index in [2.05, 4.69) is 0 Å². The summed E-state index contributed by atoms with van der Waals surface area (Å²) in [6.07, 6.45) is 0. The monoisotopic (exact) mass is 742 g/mol. The Morgan fingerprint density at radius 1 is 0.796 bits per heavy atom. The van der Waals surface area contributed by atoms with Gasteiger partial charge in [-0.25, -0.2) is 4.79 Å². The summed E-state index contributed by atoms with van der Waals surface area (Å²) in [5.74, 6) is -2.59. The Bertz CT molecular complexity index is 1600. The molecule has 13 nitrogen and oxygen atoms in total. The zero-order valence-electron chi connectivity index (χ0n) is 29.0. The van der Waals surface area contributed by atoms with Crippen LogP contribution in [0.5, 0.6) is 11.5 Å². The van der Waals surface area contributed by atoms with Crippen LogP contribution < -0.4 is 9.47 Å². The fourth-order valence-electron chi connectivity index (χ4n) is 4.96. The molecule has 1 aliphatic carbocycles. The SMILES string of the molecule is CCOP(=O)(OCC)C(CSCCOc1cccc2c1C(=O)c1c(OC(C)=O)cc(C(=O)OC(C)(C)C)cc1C2=O)P(=O)(OCC)OCC. The molecule has 270 valence electrons. The Kier molecular flexibility index (Phi) is 14.4. The molecule has 0 saturated heterocycles. The Balaban J connectivity index is 1.88. The Morgan fingerprint density at radius 2 is 1.35 bits per heavy atom. The number of carbonyl (C=O) groups excluding carboxylic acids is 4. The average molecular weight is 743 g/mol. The van der Waals surface area contributed by atoms with E-state index < -0.39 is 49.7 Å². The van der Waals surface area contributed by atoms with E-state index in [0.29, 0.717) is 0 Å². The van der Waals surface area contributed by atoms with Gasteiger partial charge in [0.05, 0.1) is 49.7 Å². The summed E-state index contributed by atoms with van der Waals surface area (Å²) >= 11 is 1.24. The van der Waals surface area contributed by atoms with Crippen molar-refractivity contribution in [1.29, 1.82) is 0 Å². The number of ketones is 2. The minimum absolute atomic E-state index is 0.0152. The highest BCUT2D eigenvalue weighted by Crippen LogP contribution is 2.71. The van der Waals surface area contributed by atoms with Gasteiger partial charge in [0, 0.05) is 29.6 Å². The maximum Gasteiger partial charge on any atom is 0.346 e. The molecule has 0 N–H and O–H groups in total. The quantitative estimate of drug-likeness (QED) is 0.0551. The zero-order chi connectivity index (χ0) is 36.6. The summed E-state index contributed by atoms with van der Waals surface area (Å²) in [5.41, 5.74) is -1.19. The maximum atomic E-state index is 14.0. The summed E-state index contributed by atoms with van der Waals surface area (Å²) in [7, 11) is -7.87. The number of fused-ring (bicyclic) bond motifs is 2. The molecule has 16 heteroatoms. The van der Waals surface area contributed by atoms with Crippen LogP contribution in [-0.4, -0.2) is 79.0 Å². The normalized spacial score (nSPS) is 13.2. The van der Waals surface area contributed by atoms with E-state index in [0.717, 1.165) is 6.92 Å². The Labute approximate surface area is 291 Å². The van der Waals surface area contributed by atoms with Gasteiger partial charge < -0.3 is 32.3 Å². The summed E-state index contributed by atoms with van der Waals surface area (Å²) in [5, 5.41) is -1.21. The first-order valence-corrected chi connectivity index (χ1v) is 20.2. The molecule has 1 aliphatic rings. The minimum atomic E-state index is -3.94. The number of hydrogen-bond acceptors (Lipinski definition) is 14. The van der Waals surface area contributed by atoms with Crippen molar-refractivity contribution in [2.45, 2.75) is 66.4 Å². The van der Waals surface area contributed by atoms with Crippen molar-refractivity contribution >= 4 is 50.5 Å². The van der Waals surface area contributed by atoms with Crippen molar-refractivity contribution < 1.29 is 60.6 Å². The first-order chi connectivity index (χ1) is 23.1. The second kappa shape index (κ2) is 17.4. The number of esters is 2. The van der Waals surface area contributed by atoms with Crippen LogP contribution in [0.15, 0.2) is 30.3 Å². The lowest BCUT2D eigenvalue weighted by atomic mass is 9.82. The molecule has 0 atom stereocenters. The van der Waals surface area contributed by atoms with E-state index in [1.54, 1.807) is 54.5 Å². The second-order valence-corrected chi connectivity index (χ2v) is 17.5. The van der Waals surface area contributed by atoms with Gasteiger partial charge in [-0.15, -0.1) is 0 Å². The van der Waals surface area contributed by atoms with Crippen LogP contribution in [0.2, 0.25) is 0 Å². The first-order valence-electron chi connectivity index (χ1n) is 15.9. The molecule has 0 aliphatic heterocycles. The molecular formula is C33H44O13P2S. The van der Waals surface area contributed by atoms with E-state index >= 15 is 0 Å². The molecule has 0 saturated carbocycles. The average Bonchev–Trinajstić information content (AvgIpc) is 3.00. The molecule has 0 fully saturated rings. The molecule has 0 amide bonds. The summed E-state index contributed by atoms with van der Waals surface area (Å²) < 4.78 is 66.4. The van der Waals surface area contributed by atoms with Crippen LogP contribution in [0.4, 0.5) is 0 Å². The number of carbonyl (C=O) groups is 4. The van der Waals surface area contributed by atoms with Crippen LogP contribution >= 0.6 is 27.0 Å². The minimum Gasteiger partial charge on any atom is -0.492 e. The third-order valence-corrected chi connectivity index (χ3v) is 14.2. The van der Waals surface area contributed by atoms with Gasteiger partial charge in [0.1, 0.15) is 17.1 Å². The van der Waals surface area contributed by atoms with Crippen LogP contribution in [0.1, 0.15) is 97.6 Å². The predicted molar refractivity (Wildman–Crippen MR) is 185 cm³/mol. The van der Waals surface area contributed by atoms with Gasteiger partial charge in [-0.05, 0) is 66.7 Å². The highest BCUT2D eigenvalue weighted by Gasteiger charge is 2.50. The third-order valence-electron chi connectivity index (χ3n) is 6.68. The van der Waals surface area contributed by atoms with E-state index in [9.17, 15) is 28.3 Å². The van der Waals surface area contributed by atoms with Crippen LogP contribution in [0, 0.1) is 0 Å². The van der Waals surface area contributed by atoms with Crippen molar-refractivity contribution in [3.8, 4) is 11.5 Å². The molecule has 0 heterocycles. The van der Waals surface area contributed by atoms with E-state index in [1.165, 1.54) is 36.0 Å². The Hall–Kier alpha value is -2.83. The first kappa shape index (κ1) is 40.6. The fraction of sp³-hybridized carbons (Fsp3) is 0.515. The van der Waals surface area contributed by atoms with Crippen LogP contribution in [-0.2, 0) is 36.8 Å². The van der Waals surface area contributed by atoms with Crippen LogP contribution in [0.3, 0.4) is 0 Å². The van der Waals surface area contributed by atoms with Crippen molar-refractivity contribution in [2.24, 2.45) is 0 Å². The fourth-order valence-corrected chi connectivity index (χ4v) is 12.1. The zero-order valence-corrected chi connectivity index (χ0v) is 31.6. The van der Waals surface area contributed by atoms with E-state index in [4.69, 9.17) is 32.3 Å². The van der Waals surface area contributed by atoms with Gasteiger partial charge in [-0.1, -0.05) is 12.1 Å². The van der Waals surface area contributed by atoms with Crippen molar-refractivity contribution in [2.75, 3.05) is 44.5 Å². The number of benzene rings is 2. The topological polar surface area (TPSA) is 167 Å². The molecule has 49 heavy (non-hydrogen) atoms. The largest absolute Gasteiger partial charge is 0.492 e. The number of thioether (sulfide) groups is 1. The van der Waals surface area contributed by atoms with Gasteiger partial charge in [-0.3, -0.25) is 23.5 Å². The number of ether oxygens (including phenoxy) is 3. The molecule has 0 radical (unpaired) electrons. The number of hydrogen-bond donors (Lipinski definition) is 0. The van der Waals surface area contributed by atoms with Gasteiger partial charge in [0.2, 0.25) is 5.78 Å². The summed E-state index contributed by atoms with van der Waals surface area (Å²) in [4.78, 5) is 52.6. The standard InChI is InChI=1S/C33H44O13P2S/c1-9-41-47(38,42-10-2)27(48(39,43-11-3)44-12-4)20-49-17-16-40-25-15-13-14-23-28(25)31(36)29-24(30(23)35)18-22(19-26(29)45-21(5)34)32(37)46-33(6,7)8/h13-15,18-19,27H,9-12,16-17,20H2,1-8H3.